The van der Waals surface area contributed by atoms with Crippen LogP contribution in [0.15, 0.2) is 18.2 Å². The summed E-state index contributed by atoms with van der Waals surface area (Å²) in [6, 6.07) is 4.20. The first-order valence-corrected chi connectivity index (χ1v) is 6.38. The van der Waals surface area contributed by atoms with Crippen LogP contribution in [0.2, 0.25) is 0 Å². The van der Waals surface area contributed by atoms with Crippen LogP contribution in [0.25, 0.3) is 0 Å². The zero-order valence-electron chi connectivity index (χ0n) is 10.6. The van der Waals surface area contributed by atoms with Gasteiger partial charge in [0.15, 0.2) is 0 Å². The minimum absolute atomic E-state index is 0.102. The Kier molecular flexibility index (Phi) is 4.55. The smallest absolute Gasteiger partial charge is 0.125 e. The summed E-state index contributed by atoms with van der Waals surface area (Å²) in [5.41, 5.74) is 0.478. The van der Waals surface area contributed by atoms with Crippen LogP contribution >= 0.6 is 0 Å². The van der Waals surface area contributed by atoms with Gasteiger partial charge in [-0.25, -0.2) is 4.39 Å². The molecule has 1 aliphatic rings. The third kappa shape index (κ3) is 3.43. The maximum absolute atomic E-state index is 13.1. The molecule has 0 aliphatic carbocycles. The number of hydrogen-bond donors (Lipinski definition) is 1. The van der Waals surface area contributed by atoms with Crippen molar-refractivity contribution in [2.24, 2.45) is 0 Å². The quantitative estimate of drug-likeness (QED) is 0.898. The van der Waals surface area contributed by atoms with Gasteiger partial charge >= 0.3 is 0 Å². The lowest BCUT2D eigenvalue weighted by Crippen LogP contribution is -2.26. The molecule has 0 spiro atoms. The first-order chi connectivity index (χ1) is 8.66. The molecule has 1 aromatic rings. The topological polar surface area (TPSA) is 38.7 Å². The second kappa shape index (κ2) is 6.16. The summed E-state index contributed by atoms with van der Waals surface area (Å²) >= 11 is 0. The van der Waals surface area contributed by atoms with Gasteiger partial charge in [-0.1, -0.05) is 0 Å². The van der Waals surface area contributed by atoms with E-state index >= 15 is 0 Å². The minimum atomic E-state index is -0.747. The van der Waals surface area contributed by atoms with Gasteiger partial charge in [0.05, 0.1) is 12.2 Å². The van der Waals surface area contributed by atoms with Crippen molar-refractivity contribution < 1.29 is 19.0 Å². The molecular formula is C14H19FO3. The van der Waals surface area contributed by atoms with E-state index in [0.717, 1.165) is 25.9 Å². The van der Waals surface area contributed by atoms with Gasteiger partial charge in [-0.2, -0.15) is 0 Å². The van der Waals surface area contributed by atoms with Crippen molar-refractivity contribution in [3.8, 4) is 5.75 Å². The molecule has 0 amide bonds. The Balaban J connectivity index is 1.99. The van der Waals surface area contributed by atoms with Crippen molar-refractivity contribution in [2.45, 2.75) is 38.4 Å². The number of hydrogen-bond acceptors (Lipinski definition) is 3. The minimum Gasteiger partial charge on any atom is -0.490 e. The normalized spacial score (nSPS) is 21.6. The summed E-state index contributed by atoms with van der Waals surface area (Å²) in [6.45, 7) is 2.82. The predicted octanol–water partition coefficient (Wildman–Crippen LogP) is 2.83. The largest absolute Gasteiger partial charge is 0.490 e. The Labute approximate surface area is 107 Å². The summed E-state index contributed by atoms with van der Waals surface area (Å²) in [5, 5.41) is 9.59. The SMILES string of the molecule is C[C@@H](O)c1cc(F)ccc1OCC1CCCCO1. The van der Waals surface area contributed by atoms with Crippen LogP contribution < -0.4 is 4.74 Å². The molecule has 1 fully saturated rings. The lowest BCUT2D eigenvalue weighted by Gasteiger charge is -2.23. The summed E-state index contributed by atoms with van der Waals surface area (Å²) in [5.74, 6) is 0.160. The van der Waals surface area contributed by atoms with Gasteiger partial charge in [0.2, 0.25) is 0 Å². The molecule has 1 saturated heterocycles. The first kappa shape index (κ1) is 13.3. The Bertz CT molecular complexity index is 387. The molecule has 3 nitrogen and oxygen atoms in total. The maximum atomic E-state index is 13.1. The lowest BCUT2D eigenvalue weighted by molar-refractivity contribution is -0.0116. The molecule has 0 saturated carbocycles. The molecule has 1 aromatic carbocycles. The molecular weight excluding hydrogens is 235 g/mol. The van der Waals surface area contributed by atoms with E-state index in [9.17, 15) is 9.50 Å². The third-order valence-corrected chi connectivity index (χ3v) is 3.12. The van der Waals surface area contributed by atoms with Crippen molar-refractivity contribution in [3.05, 3.63) is 29.6 Å². The van der Waals surface area contributed by atoms with Crippen molar-refractivity contribution in [1.29, 1.82) is 0 Å². The van der Waals surface area contributed by atoms with Gasteiger partial charge < -0.3 is 14.6 Å². The molecule has 2 rings (SSSR count). The van der Waals surface area contributed by atoms with E-state index in [1.807, 2.05) is 0 Å². The fraction of sp³-hybridized carbons (Fsp3) is 0.571. The summed E-state index contributed by atoms with van der Waals surface area (Å²) < 4.78 is 24.3. The van der Waals surface area contributed by atoms with E-state index in [-0.39, 0.29) is 11.9 Å². The van der Waals surface area contributed by atoms with E-state index in [1.54, 1.807) is 13.0 Å². The van der Waals surface area contributed by atoms with E-state index in [4.69, 9.17) is 9.47 Å². The summed E-state index contributed by atoms with van der Waals surface area (Å²) in [7, 11) is 0. The van der Waals surface area contributed by atoms with Crippen molar-refractivity contribution >= 4 is 0 Å². The number of ether oxygens (including phenoxy) is 2. The Morgan fingerprint density at radius 1 is 1.50 bits per heavy atom. The lowest BCUT2D eigenvalue weighted by atomic mass is 10.1. The Hall–Kier alpha value is -1.13. The van der Waals surface area contributed by atoms with E-state index in [2.05, 4.69) is 0 Å². The van der Waals surface area contributed by atoms with Crippen molar-refractivity contribution in [1.82, 2.24) is 0 Å². The van der Waals surface area contributed by atoms with Gasteiger partial charge in [0.25, 0.3) is 0 Å². The molecule has 18 heavy (non-hydrogen) atoms. The van der Waals surface area contributed by atoms with Crippen LogP contribution in [0, 0.1) is 5.82 Å². The molecule has 1 aliphatic heterocycles. The van der Waals surface area contributed by atoms with E-state index < -0.39 is 6.10 Å². The van der Waals surface area contributed by atoms with Gasteiger partial charge in [0.1, 0.15) is 18.2 Å². The van der Waals surface area contributed by atoms with E-state index in [1.165, 1.54) is 12.1 Å². The number of aliphatic hydroxyl groups is 1. The second-order valence-corrected chi connectivity index (χ2v) is 4.66. The Morgan fingerprint density at radius 2 is 2.33 bits per heavy atom. The highest BCUT2D eigenvalue weighted by molar-refractivity contribution is 5.35. The molecule has 2 atom stereocenters. The molecule has 1 unspecified atom stereocenters. The fourth-order valence-electron chi connectivity index (χ4n) is 2.10. The molecule has 1 N–H and O–H groups in total. The van der Waals surface area contributed by atoms with Crippen LogP contribution in [0.1, 0.15) is 37.9 Å². The van der Waals surface area contributed by atoms with Crippen LogP contribution in [0.3, 0.4) is 0 Å². The van der Waals surface area contributed by atoms with Gasteiger partial charge in [-0.3, -0.25) is 0 Å². The average Bonchev–Trinajstić information content (AvgIpc) is 2.38. The zero-order valence-corrected chi connectivity index (χ0v) is 10.6. The highest BCUT2D eigenvalue weighted by Crippen LogP contribution is 2.26. The molecule has 0 radical (unpaired) electrons. The number of benzene rings is 1. The van der Waals surface area contributed by atoms with Gasteiger partial charge in [-0.05, 0) is 44.4 Å². The second-order valence-electron chi connectivity index (χ2n) is 4.66. The Morgan fingerprint density at radius 3 is 3.00 bits per heavy atom. The average molecular weight is 254 g/mol. The summed E-state index contributed by atoms with van der Waals surface area (Å²) in [4.78, 5) is 0. The summed E-state index contributed by atoms with van der Waals surface area (Å²) in [6.07, 6.45) is 2.60. The molecule has 0 aromatic heterocycles. The number of rotatable bonds is 4. The van der Waals surface area contributed by atoms with Crippen molar-refractivity contribution in [3.63, 3.8) is 0 Å². The molecule has 100 valence electrons. The molecule has 0 bridgehead atoms. The van der Waals surface area contributed by atoms with Crippen LogP contribution in [-0.2, 0) is 4.74 Å². The highest BCUT2D eigenvalue weighted by Gasteiger charge is 2.16. The molecule has 1 heterocycles. The van der Waals surface area contributed by atoms with Crippen molar-refractivity contribution in [2.75, 3.05) is 13.2 Å². The van der Waals surface area contributed by atoms with Crippen LogP contribution in [-0.4, -0.2) is 24.4 Å². The van der Waals surface area contributed by atoms with Crippen LogP contribution in [0.4, 0.5) is 4.39 Å². The highest BCUT2D eigenvalue weighted by atomic mass is 19.1. The zero-order chi connectivity index (χ0) is 13.0. The maximum Gasteiger partial charge on any atom is 0.125 e. The van der Waals surface area contributed by atoms with Gasteiger partial charge in [0, 0.05) is 12.2 Å². The third-order valence-electron chi connectivity index (χ3n) is 3.12. The standard InChI is InChI=1S/C14H19FO3/c1-10(16)13-8-11(15)5-6-14(13)18-9-12-4-2-3-7-17-12/h5-6,8,10,12,16H,2-4,7,9H2,1H3/t10-,12?/m1/s1. The number of halogens is 1. The van der Waals surface area contributed by atoms with E-state index in [0.29, 0.717) is 17.9 Å². The monoisotopic (exact) mass is 254 g/mol. The molecule has 4 heteroatoms. The van der Waals surface area contributed by atoms with Crippen LogP contribution in [0.5, 0.6) is 5.75 Å². The first-order valence-electron chi connectivity index (χ1n) is 6.38. The number of aliphatic hydroxyl groups excluding tert-OH is 1. The predicted molar refractivity (Wildman–Crippen MR) is 66.1 cm³/mol. The van der Waals surface area contributed by atoms with Gasteiger partial charge in [-0.15, -0.1) is 0 Å². The fourth-order valence-corrected chi connectivity index (χ4v) is 2.10.